The number of halogens is 1. The van der Waals surface area contributed by atoms with Crippen LogP contribution in [0, 0.1) is 10.7 Å². The first-order valence-electron chi connectivity index (χ1n) is 10.2. The van der Waals surface area contributed by atoms with Crippen LogP contribution < -0.4 is 0 Å². The summed E-state index contributed by atoms with van der Waals surface area (Å²) in [5.74, 6) is 1.63. The molecule has 1 amide bonds. The first-order chi connectivity index (χ1) is 13.5. The smallest absolute Gasteiger partial charge is 0.224 e. The molecule has 0 bridgehead atoms. The van der Waals surface area contributed by atoms with E-state index in [1.54, 1.807) is 4.68 Å². The van der Waals surface area contributed by atoms with E-state index >= 15 is 0 Å². The third-order valence-electron chi connectivity index (χ3n) is 5.31. The zero-order valence-electron chi connectivity index (χ0n) is 16.7. The second-order valence-corrected chi connectivity index (χ2v) is 8.48. The van der Waals surface area contributed by atoms with Crippen molar-refractivity contribution < 1.29 is 4.79 Å². The summed E-state index contributed by atoms with van der Waals surface area (Å²) in [5.41, 5.74) is 0.988. The monoisotopic (exact) mass is 420 g/mol. The summed E-state index contributed by atoms with van der Waals surface area (Å²) in [6.45, 7) is 7.45. The highest BCUT2D eigenvalue weighted by atomic mass is 35.5. The molecule has 3 rings (SSSR count). The first-order valence-corrected chi connectivity index (χ1v) is 11.0. The number of unbranched alkanes of at least 4 members (excludes halogenated alkanes) is 1. The fraction of sp³-hybridized carbons (Fsp3) is 0.571. The van der Waals surface area contributed by atoms with Crippen molar-refractivity contribution in [2.75, 3.05) is 13.1 Å². The fourth-order valence-electron chi connectivity index (χ4n) is 3.69. The van der Waals surface area contributed by atoms with Gasteiger partial charge in [-0.25, -0.2) is 4.68 Å². The van der Waals surface area contributed by atoms with Crippen molar-refractivity contribution in [3.63, 3.8) is 0 Å². The molecular weight excluding hydrogens is 392 g/mol. The highest BCUT2D eigenvalue weighted by Crippen LogP contribution is 2.22. The number of amides is 1. The number of likely N-dealkylation sites (tertiary alicyclic amines) is 1. The van der Waals surface area contributed by atoms with Crippen molar-refractivity contribution in [1.82, 2.24) is 19.2 Å². The highest BCUT2D eigenvalue weighted by molar-refractivity contribution is 7.71. The van der Waals surface area contributed by atoms with Gasteiger partial charge in [0.1, 0.15) is 0 Å². The van der Waals surface area contributed by atoms with Crippen LogP contribution >= 0.6 is 23.8 Å². The molecule has 152 valence electrons. The molecule has 0 radical (unpaired) electrons. The third-order valence-corrected chi connectivity index (χ3v) is 5.99. The van der Waals surface area contributed by atoms with Gasteiger partial charge in [0.15, 0.2) is 10.6 Å². The van der Waals surface area contributed by atoms with Crippen LogP contribution in [0.5, 0.6) is 0 Å². The van der Waals surface area contributed by atoms with Gasteiger partial charge in [-0.3, -0.25) is 9.36 Å². The van der Waals surface area contributed by atoms with E-state index in [1.807, 2.05) is 29.2 Å². The van der Waals surface area contributed by atoms with Crippen molar-refractivity contribution in [1.29, 1.82) is 0 Å². The quantitative estimate of drug-likeness (QED) is 0.579. The van der Waals surface area contributed by atoms with Gasteiger partial charge in [0.2, 0.25) is 5.91 Å². The molecule has 1 saturated heterocycles. The lowest BCUT2D eigenvalue weighted by molar-refractivity contribution is -0.133. The van der Waals surface area contributed by atoms with Gasteiger partial charge in [-0.1, -0.05) is 31.9 Å². The molecule has 2 heterocycles. The van der Waals surface area contributed by atoms with Gasteiger partial charge in [-0.2, -0.15) is 5.10 Å². The lowest BCUT2D eigenvalue weighted by atomic mass is 10.00. The molecule has 1 atom stereocenters. The van der Waals surface area contributed by atoms with Crippen LogP contribution in [0.1, 0.15) is 46.0 Å². The number of hydrogen-bond acceptors (Lipinski definition) is 3. The Bertz CT molecular complexity index is 858. The average molecular weight is 421 g/mol. The molecule has 28 heavy (non-hydrogen) atoms. The van der Waals surface area contributed by atoms with Crippen LogP contribution in [-0.2, 0) is 17.9 Å². The lowest BCUT2D eigenvalue weighted by Gasteiger charge is -2.31. The van der Waals surface area contributed by atoms with Gasteiger partial charge in [0.25, 0.3) is 0 Å². The average Bonchev–Trinajstić information content (AvgIpc) is 3.00. The zero-order chi connectivity index (χ0) is 20.1. The summed E-state index contributed by atoms with van der Waals surface area (Å²) in [4.78, 5) is 14.6. The van der Waals surface area contributed by atoms with Crippen molar-refractivity contribution in [3.05, 3.63) is 34.1 Å². The molecule has 1 aromatic carbocycles. The van der Waals surface area contributed by atoms with Gasteiger partial charge in [0, 0.05) is 36.6 Å². The van der Waals surface area contributed by atoms with Gasteiger partial charge in [-0.15, -0.1) is 0 Å². The predicted octanol–water partition coefficient (Wildman–Crippen LogP) is 5.18. The minimum atomic E-state index is 0.199. The molecule has 0 spiro atoms. The molecule has 1 aliphatic heterocycles. The summed E-state index contributed by atoms with van der Waals surface area (Å²) in [6, 6.07) is 7.66. The van der Waals surface area contributed by atoms with E-state index in [-0.39, 0.29) is 5.91 Å². The molecule has 5 nitrogen and oxygen atoms in total. The number of aromatic nitrogens is 3. The number of nitrogens with zero attached hydrogens (tertiary/aromatic N) is 4. The van der Waals surface area contributed by atoms with E-state index in [0.717, 1.165) is 50.3 Å². The van der Waals surface area contributed by atoms with Crippen molar-refractivity contribution in [2.24, 2.45) is 5.92 Å². The number of hydrogen-bond donors (Lipinski definition) is 0. The maximum atomic E-state index is 12.6. The second-order valence-electron chi connectivity index (χ2n) is 7.68. The van der Waals surface area contributed by atoms with E-state index < -0.39 is 0 Å². The van der Waals surface area contributed by atoms with Gasteiger partial charge in [0.05, 0.1) is 6.54 Å². The Kier molecular flexibility index (Phi) is 7.30. The molecule has 0 N–H and O–H groups in total. The van der Waals surface area contributed by atoms with Crippen LogP contribution in [0.3, 0.4) is 0 Å². The van der Waals surface area contributed by atoms with Crippen LogP contribution in [0.2, 0.25) is 5.02 Å². The summed E-state index contributed by atoms with van der Waals surface area (Å²) in [6.07, 6.45) is 4.86. The Morgan fingerprint density at radius 1 is 1.29 bits per heavy atom. The first kappa shape index (κ1) is 21.1. The summed E-state index contributed by atoms with van der Waals surface area (Å²) in [5, 5.41) is 5.45. The van der Waals surface area contributed by atoms with Crippen LogP contribution in [0.15, 0.2) is 24.3 Å². The molecule has 7 heteroatoms. The number of piperidine rings is 1. The number of carbonyl (C=O) groups excluding carboxylic acids is 1. The van der Waals surface area contributed by atoms with Gasteiger partial charge in [-0.05, 0) is 61.7 Å². The normalized spacial score (nSPS) is 17.1. The standard InChI is InChI=1S/C21H29ClN4OS/c1-3-4-13-25-20(17-7-9-18(22)10-8-17)23-26(21(25)28)14-11-19(27)24-12-5-6-16(2)15-24/h7-10,16H,3-6,11-15H2,1-2H3. The minimum absolute atomic E-state index is 0.199. The van der Waals surface area contributed by atoms with Crippen molar-refractivity contribution in [3.8, 4) is 11.4 Å². The molecular formula is C21H29ClN4OS. The Hall–Kier alpha value is -1.66. The fourth-order valence-corrected chi connectivity index (χ4v) is 4.13. The molecule has 1 aromatic heterocycles. The Morgan fingerprint density at radius 3 is 2.71 bits per heavy atom. The van der Waals surface area contributed by atoms with Crippen molar-refractivity contribution in [2.45, 2.75) is 59.0 Å². The number of rotatable bonds is 7. The van der Waals surface area contributed by atoms with Crippen molar-refractivity contribution >= 4 is 29.7 Å². The minimum Gasteiger partial charge on any atom is -0.342 e. The number of aryl methyl sites for hydroxylation is 1. The van der Waals surface area contributed by atoms with Crippen LogP contribution in [0.4, 0.5) is 0 Å². The number of carbonyl (C=O) groups is 1. The van der Waals surface area contributed by atoms with Crippen LogP contribution in [-0.4, -0.2) is 38.2 Å². The SMILES string of the molecule is CCCCn1c(-c2ccc(Cl)cc2)nn(CCC(=O)N2CCCC(C)C2)c1=S. The highest BCUT2D eigenvalue weighted by Gasteiger charge is 2.21. The largest absolute Gasteiger partial charge is 0.342 e. The molecule has 1 aliphatic rings. The maximum Gasteiger partial charge on any atom is 0.224 e. The van der Waals surface area contributed by atoms with Crippen LogP contribution in [0.25, 0.3) is 11.4 Å². The van der Waals surface area contributed by atoms with E-state index in [1.165, 1.54) is 6.42 Å². The Labute approximate surface area is 177 Å². The lowest BCUT2D eigenvalue weighted by Crippen LogP contribution is -2.39. The molecule has 1 unspecified atom stereocenters. The number of benzene rings is 1. The topological polar surface area (TPSA) is 43.1 Å². The van der Waals surface area contributed by atoms with Gasteiger partial charge < -0.3 is 4.90 Å². The van der Waals surface area contributed by atoms with Gasteiger partial charge >= 0.3 is 0 Å². The van der Waals surface area contributed by atoms with E-state index in [2.05, 4.69) is 18.4 Å². The molecule has 1 fully saturated rings. The second kappa shape index (κ2) is 9.70. The summed E-state index contributed by atoms with van der Waals surface area (Å²) < 4.78 is 4.56. The summed E-state index contributed by atoms with van der Waals surface area (Å²) >= 11 is 11.7. The van der Waals surface area contributed by atoms with E-state index in [0.29, 0.717) is 28.7 Å². The Morgan fingerprint density at radius 2 is 2.04 bits per heavy atom. The summed E-state index contributed by atoms with van der Waals surface area (Å²) in [7, 11) is 0. The van der Waals surface area contributed by atoms with E-state index in [4.69, 9.17) is 28.9 Å². The zero-order valence-corrected chi connectivity index (χ0v) is 18.3. The molecule has 0 aliphatic carbocycles. The maximum absolute atomic E-state index is 12.6. The molecule has 0 saturated carbocycles. The Balaban J connectivity index is 1.78. The molecule has 2 aromatic rings. The van der Waals surface area contributed by atoms with E-state index in [9.17, 15) is 4.79 Å². The third kappa shape index (κ3) is 5.03. The predicted molar refractivity (Wildman–Crippen MR) is 116 cm³/mol.